The minimum atomic E-state index is -3.58. The average Bonchev–Trinajstić information content (AvgIpc) is 2.80. The molecule has 1 aliphatic heterocycles. The number of benzene rings is 3. The van der Waals surface area contributed by atoms with Crippen molar-refractivity contribution in [3.05, 3.63) is 71.8 Å². The lowest BCUT2D eigenvalue weighted by Crippen LogP contribution is -2.41. The Balaban J connectivity index is 1.45. The van der Waals surface area contributed by atoms with E-state index in [1.807, 2.05) is 55.5 Å². The van der Waals surface area contributed by atoms with Gasteiger partial charge in [-0.05, 0) is 59.7 Å². The van der Waals surface area contributed by atoms with Crippen molar-refractivity contribution in [2.24, 2.45) is 5.92 Å². The normalized spacial score (nSPS) is 15.9. The van der Waals surface area contributed by atoms with Gasteiger partial charge in [-0.25, -0.2) is 8.42 Å². The highest BCUT2D eigenvalue weighted by molar-refractivity contribution is 7.89. The van der Waals surface area contributed by atoms with Gasteiger partial charge in [0.25, 0.3) is 0 Å². The van der Waals surface area contributed by atoms with Crippen LogP contribution in [0.15, 0.2) is 65.6 Å². The smallest absolute Gasteiger partial charge is 0.243 e. The fourth-order valence-electron chi connectivity index (χ4n) is 4.40. The third-order valence-electron chi connectivity index (χ3n) is 6.36. The van der Waals surface area contributed by atoms with Crippen LogP contribution in [0.1, 0.15) is 43.7 Å². The van der Waals surface area contributed by atoms with E-state index in [9.17, 15) is 13.2 Å². The fraction of sp³-hybridized carbons (Fsp3) is 0.346. The van der Waals surface area contributed by atoms with E-state index in [4.69, 9.17) is 0 Å². The molecule has 1 heterocycles. The van der Waals surface area contributed by atoms with Crippen LogP contribution in [-0.4, -0.2) is 31.7 Å². The van der Waals surface area contributed by atoms with Crippen LogP contribution in [0, 0.1) is 12.8 Å². The molecule has 0 atom stereocenters. The highest BCUT2D eigenvalue weighted by Crippen LogP contribution is 2.30. The van der Waals surface area contributed by atoms with Crippen LogP contribution in [0.5, 0.6) is 0 Å². The van der Waals surface area contributed by atoms with Crippen molar-refractivity contribution in [3.63, 3.8) is 0 Å². The van der Waals surface area contributed by atoms with Crippen molar-refractivity contribution in [1.82, 2.24) is 4.31 Å². The Morgan fingerprint density at radius 1 is 0.969 bits per heavy atom. The molecular weight excluding hydrogens is 420 g/mol. The molecule has 1 N–H and O–H groups in total. The number of hydrogen-bond acceptors (Lipinski definition) is 3. The predicted octanol–water partition coefficient (Wildman–Crippen LogP) is 5.31. The number of para-hydroxylation sites is 1. The molecule has 0 radical (unpaired) electrons. The van der Waals surface area contributed by atoms with Crippen LogP contribution < -0.4 is 5.32 Å². The number of rotatable bonds is 5. The molecule has 3 aromatic carbocycles. The quantitative estimate of drug-likeness (QED) is 0.573. The standard InChI is InChI=1S/C26H30N2O3S/c1-18(2)24-10-6-7-19(3)25(24)27-26(29)21-13-15-28(16-14-21)32(30,31)23-12-11-20-8-4-5-9-22(20)17-23/h4-12,17-18,21H,13-16H2,1-3H3,(H,27,29). The number of carbonyl (C=O) groups excluding carboxylic acids is 1. The number of piperidine rings is 1. The predicted molar refractivity (Wildman–Crippen MR) is 129 cm³/mol. The van der Waals surface area contributed by atoms with Gasteiger partial charge in [0.05, 0.1) is 4.90 Å². The number of aryl methyl sites for hydroxylation is 1. The number of anilines is 1. The maximum atomic E-state index is 13.2. The third-order valence-corrected chi connectivity index (χ3v) is 8.25. The molecule has 1 fully saturated rings. The monoisotopic (exact) mass is 450 g/mol. The van der Waals surface area contributed by atoms with Gasteiger partial charge in [-0.15, -0.1) is 0 Å². The maximum absolute atomic E-state index is 13.2. The van der Waals surface area contributed by atoms with Crippen LogP contribution >= 0.6 is 0 Å². The molecule has 168 valence electrons. The molecule has 5 nitrogen and oxygen atoms in total. The lowest BCUT2D eigenvalue weighted by atomic mass is 9.95. The molecule has 6 heteroatoms. The second-order valence-electron chi connectivity index (χ2n) is 8.87. The SMILES string of the molecule is Cc1cccc(C(C)C)c1NC(=O)C1CCN(S(=O)(=O)c2ccc3ccccc3c2)CC1. The second-order valence-corrected chi connectivity index (χ2v) is 10.8. The molecule has 1 saturated heterocycles. The minimum Gasteiger partial charge on any atom is -0.325 e. The number of nitrogens with zero attached hydrogens (tertiary/aromatic N) is 1. The van der Waals surface area contributed by atoms with Crippen molar-refractivity contribution in [3.8, 4) is 0 Å². The number of hydrogen-bond donors (Lipinski definition) is 1. The van der Waals surface area contributed by atoms with E-state index in [2.05, 4.69) is 19.2 Å². The largest absolute Gasteiger partial charge is 0.325 e. The van der Waals surface area contributed by atoms with Crippen LogP contribution in [0.2, 0.25) is 0 Å². The summed E-state index contributed by atoms with van der Waals surface area (Å²) in [5.41, 5.74) is 3.05. The number of sulfonamides is 1. The zero-order chi connectivity index (χ0) is 22.9. The Hall–Kier alpha value is -2.70. The highest BCUT2D eigenvalue weighted by Gasteiger charge is 2.32. The third kappa shape index (κ3) is 4.43. The summed E-state index contributed by atoms with van der Waals surface area (Å²) in [7, 11) is -3.58. The molecule has 1 amide bonds. The number of carbonyl (C=O) groups is 1. The Morgan fingerprint density at radius 3 is 2.34 bits per heavy atom. The first-order chi connectivity index (χ1) is 15.3. The molecule has 0 unspecified atom stereocenters. The van der Waals surface area contributed by atoms with Gasteiger partial charge in [-0.3, -0.25) is 4.79 Å². The van der Waals surface area contributed by atoms with Gasteiger partial charge in [0, 0.05) is 24.7 Å². The lowest BCUT2D eigenvalue weighted by Gasteiger charge is -2.31. The minimum absolute atomic E-state index is 0.0241. The molecule has 0 aliphatic carbocycles. The summed E-state index contributed by atoms with van der Waals surface area (Å²) in [6.45, 7) is 6.91. The van der Waals surface area contributed by atoms with Crippen LogP contribution in [0.4, 0.5) is 5.69 Å². The topological polar surface area (TPSA) is 66.5 Å². The van der Waals surface area contributed by atoms with Gasteiger partial charge in [-0.1, -0.05) is 62.4 Å². The van der Waals surface area contributed by atoms with Crippen molar-refractivity contribution in [2.75, 3.05) is 18.4 Å². The van der Waals surface area contributed by atoms with Crippen LogP contribution in [-0.2, 0) is 14.8 Å². The summed E-state index contributed by atoms with van der Waals surface area (Å²) in [6, 6.07) is 19.0. The fourth-order valence-corrected chi connectivity index (χ4v) is 5.91. The lowest BCUT2D eigenvalue weighted by molar-refractivity contribution is -0.120. The first kappa shape index (κ1) is 22.5. The Bertz CT molecular complexity index is 1240. The molecule has 0 saturated carbocycles. The summed E-state index contributed by atoms with van der Waals surface area (Å²) in [4.78, 5) is 13.3. The Labute approximate surface area is 190 Å². The Kier molecular flexibility index (Phi) is 6.35. The van der Waals surface area contributed by atoms with Crippen LogP contribution in [0.25, 0.3) is 10.8 Å². The van der Waals surface area contributed by atoms with Crippen molar-refractivity contribution in [2.45, 2.75) is 44.4 Å². The highest BCUT2D eigenvalue weighted by atomic mass is 32.2. The summed E-state index contributed by atoms with van der Waals surface area (Å²) >= 11 is 0. The number of fused-ring (bicyclic) bond motifs is 1. The van der Waals surface area contributed by atoms with Gasteiger partial charge >= 0.3 is 0 Å². The van der Waals surface area contributed by atoms with Gasteiger partial charge in [0.1, 0.15) is 0 Å². The van der Waals surface area contributed by atoms with Crippen molar-refractivity contribution >= 4 is 32.4 Å². The van der Waals surface area contributed by atoms with E-state index >= 15 is 0 Å². The zero-order valence-corrected chi connectivity index (χ0v) is 19.7. The van der Waals surface area contributed by atoms with E-state index in [1.54, 1.807) is 12.1 Å². The average molecular weight is 451 g/mol. The summed E-state index contributed by atoms with van der Waals surface area (Å²) in [5, 5.41) is 5.05. The van der Waals surface area contributed by atoms with Gasteiger partial charge in [0.15, 0.2) is 0 Å². The summed E-state index contributed by atoms with van der Waals surface area (Å²) in [5.74, 6) is 0.0840. The number of amides is 1. The van der Waals surface area contributed by atoms with Crippen LogP contribution in [0.3, 0.4) is 0 Å². The maximum Gasteiger partial charge on any atom is 0.243 e. The first-order valence-corrected chi connectivity index (χ1v) is 12.6. The molecule has 3 aromatic rings. The van der Waals surface area contributed by atoms with E-state index in [0.29, 0.717) is 36.7 Å². The molecule has 4 rings (SSSR count). The van der Waals surface area contributed by atoms with E-state index < -0.39 is 10.0 Å². The molecule has 1 aliphatic rings. The van der Waals surface area contributed by atoms with Crippen molar-refractivity contribution in [1.29, 1.82) is 0 Å². The van der Waals surface area contributed by atoms with Gasteiger partial charge < -0.3 is 5.32 Å². The molecule has 0 spiro atoms. The summed E-state index contributed by atoms with van der Waals surface area (Å²) < 4.78 is 27.9. The van der Waals surface area contributed by atoms with Gasteiger partial charge in [-0.2, -0.15) is 4.31 Å². The van der Waals surface area contributed by atoms with Gasteiger partial charge in [0.2, 0.25) is 15.9 Å². The zero-order valence-electron chi connectivity index (χ0n) is 18.8. The first-order valence-electron chi connectivity index (χ1n) is 11.2. The molecule has 32 heavy (non-hydrogen) atoms. The van der Waals surface area contributed by atoms with E-state index in [-0.39, 0.29) is 11.8 Å². The van der Waals surface area contributed by atoms with Crippen molar-refractivity contribution < 1.29 is 13.2 Å². The second kappa shape index (κ2) is 9.04. The molecule has 0 aromatic heterocycles. The summed E-state index contributed by atoms with van der Waals surface area (Å²) in [6.07, 6.45) is 1.03. The van der Waals surface area contributed by atoms with E-state index in [0.717, 1.165) is 27.6 Å². The number of nitrogens with one attached hydrogen (secondary N) is 1. The Morgan fingerprint density at radius 2 is 1.66 bits per heavy atom. The molecular formula is C26H30N2O3S. The molecule has 0 bridgehead atoms. The van der Waals surface area contributed by atoms with E-state index in [1.165, 1.54) is 4.31 Å².